The van der Waals surface area contributed by atoms with E-state index in [2.05, 4.69) is 0 Å². The molecule has 0 radical (unpaired) electrons. The van der Waals surface area contributed by atoms with Crippen LogP contribution < -0.4 is 10.9 Å². The van der Waals surface area contributed by atoms with Crippen LogP contribution in [-0.4, -0.2) is 8.42 Å². The second-order valence-electron chi connectivity index (χ2n) is 3.49. The Kier molecular flexibility index (Phi) is 3.57. The topological polar surface area (TPSA) is 86.2 Å². The molecule has 8 heteroatoms. The highest BCUT2D eigenvalue weighted by Gasteiger charge is 2.18. The standard InChI is InChI=1S/C10H8Cl2N2O2S2/c11-6-4-7(17-10(6)13)5-2-1-3-8(9(5)12)18(14,15)16/h1-4H,13H2,(H2,14,15,16). The molecule has 2 rings (SSSR count). The van der Waals surface area contributed by atoms with Crippen LogP contribution in [0.5, 0.6) is 0 Å². The third-order valence-corrected chi connectivity index (χ3v) is 5.14. The fourth-order valence-electron chi connectivity index (χ4n) is 1.44. The van der Waals surface area contributed by atoms with Gasteiger partial charge < -0.3 is 5.73 Å². The lowest BCUT2D eigenvalue weighted by molar-refractivity contribution is 0.598. The van der Waals surface area contributed by atoms with Gasteiger partial charge in [-0.05, 0) is 12.1 Å². The summed E-state index contributed by atoms with van der Waals surface area (Å²) in [5.41, 5.74) is 6.19. The van der Waals surface area contributed by atoms with Crippen molar-refractivity contribution in [2.24, 2.45) is 5.14 Å². The second-order valence-corrected chi connectivity index (χ2v) is 6.88. The molecular formula is C10H8Cl2N2O2S2. The zero-order chi connectivity index (χ0) is 13.5. The van der Waals surface area contributed by atoms with Crippen molar-refractivity contribution in [2.75, 3.05) is 5.73 Å². The van der Waals surface area contributed by atoms with Gasteiger partial charge in [0.2, 0.25) is 10.0 Å². The molecule has 0 aliphatic rings. The van der Waals surface area contributed by atoms with Gasteiger partial charge >= 0.3 is 0 Å². The first-order valence-corrected chi connectivity index (χ1v) is 7.79. The predicted octanol–water partition coefficient (Wildman–Crippen LogP) is 2.95. The van der Waals surface area contributed by atoms with E-state index in [4.69, 9.17) is 34.1 Å². The van der Waals surface area contributed by atoms with E-state index in [0.29, 0.717) is 20.5 Å². The summed E-state index contributed by atoms with van der Waals surface area (Å²) in [6, 6.07) is 6.22. The molecule has 0 amide bonds. The number of anilines is 1. The molecule has 0 fully saturated rings. The Hall–Kier alpha value is -0.790. The van der Waals surface area contributed by atoms with Crippen LogP contribution in [0.25, 0.3) is 10.4 Å². The first kappa shape index (κ1) is 13.6. The van der Waals surface area contributed by atoms with Crippen molar-refractivity contribution < 1.29 is 8.42 Å². The van der Waals surface area contributed by atoms with Gasteiger partial charge in [-0.15, -0.1) is 11.3 Å². The van der Waals surface area contributed by atoms with Crippen molar-refractivity contribution in [2.45, 2.75) is 4.90 Å². The molecule has 96 valence electrons. The quantitative estimate of drug-likeness (QED) is 0.891. The van der Waals surface area contributed by atoms with E-state index in [1.54, 1.807) is 18.2 Å². The number of benzene rings is 1. The molecular weight excluding hydrogens is 315 g/mol. The summed E-state index contributed by atoms with van der Waals surface area (Å²) in [5.74, 6) is 0. The summed E-state index contributed by atoms with van der Waals surface area (Å²) in [5, 5.41) is 6.00. The van der Waals surface area contributed by atoms with Gasteiger partial charge in [0.25, 0.3) is 0 Å². The Balaban J connectivity index is 2.67. The Morgan fingerprint density at radius 1 is 1.22 bits per heavy atom. The zero-order valence-corrected chi connectivity index (χ0v) is 12.0. The van der Waals surface area contributed by atoms with Crippen LogP contribution in [0.4, 0.5) is 5.00 Å². The Labute approximate surface area is 118 Å². The summed E-state index contributed by atoms with van der Waals surface area (Å²) < 4.78 is 22.7. The highest BCUT2D eigenvalue weighted by molar-refractivity contribution is 7.89. The number of rotatable bonds is 2. The molecule has 0 saturated heterocycles. The smallest absolute Gasteiger partial charge is 0.239 e. The second kappa shape index (κ2) is 4.71. The van der Waals surface area contributed by atoms with Gasteiger partial charge in [-0.3, -0.25) is 0 Å². The number of nitrogen functional groups attached to an aromatic ring is 1. The number of sulfonamides is 1. The molecule has 0 atom stereocenters. The number of halogens is 2. The molecule has 1 aromatic carbocycles. The molecule has 4 nitrogen and oxygen atoms in total. The molecule has 18 heavy (non-hydrogen) atoms. The maximum absolute atomic E-state index is 11.4. The third-order valence-electron chi connectivity index (χ3n) is 2.25. The molecule has 0 aliphatic carbocycles. The highest BCUT2D eigenvalue weighted by atomic mass is 35.5. The average molecular weight is 323 g/mol. The van der Waals surface area contributed by atoms with Gasteiger partial charge in [-0.2, -0.15) is 0 Å². The SMILES string of the molecule is Nc1sc(-c2cccc(S(N)(=O)=O)c2Cl)cc1Cl. The Morgan fingerprint density at radius 2 is 1.89 bits per heavy atom. The van der Waals surface area contributed by atoms with E-state index in [-0.39, 0.29) is 9.92 Å². The lowest BCUT2D eigenvalue weighted by Crippen LogP contribution is -2.12. The first-order valence-electron chi connectivity index (χ1n) is 4.67. The molecule has 0 unspecified atom stereocenters. The number of thiophene rings is 1. The fourth-order valence-corrected chi connectivity index (χ4v) is 3.81. The molecule has 0 aliphatic heterocycles. The van der Waals surface area contributed by atoms with Crippen LogP contribution in [0.15, 0.2) is 29.2 Å². The number of primary sulfonamides is 1. The van der Waals surface area contributed by atoms with E-state index < -0.39 is 10.0 Å². The third kappa shape index (κ3) is 2.48. The Bertz CT molecular complexity index is 691. The fraction of sp³-hybridized carbons (Fsp3) is 0. The van der Waals surface area contributed by atoms with Crippen LogP contribution in [0.1, 0.15) is 0 Å². The highest BCUT2D eigenvalue weighted by Crippen LogP contribution is 2.40. The van der Waals surface area contributed by atoms with Crippen LogP contribution >= 0.6 is 34.5 Å². The summed E-state index contributed by atoms with van der Waals surface area (Å²) in [6.07, 6.45) is 0. The monoisotopic (exact) mass is 322 g/mol. The van der Waals surface area contributed by atoms with Gasteiger partial charge in [-0.1, -0.05) is 35.3 Å². The van der Waals surface area contributed by atoms with E-state index >= 15 is 0 Å². The van der Waals surface area contributed by atoms with Crippen LogP contribution in [0.2, 0.25) is 10.0 Å². The number of hydrogen-bond donors (Lipinski definition) is 2. The zero-order valence-electron chi connectivity index (χ0n) is 8.85. The summed E-state index contributed by atoms with van der Waals surface area (Å²) in [7, 11) is -3.86. The molecule has 0 saturated carbocycles. The lowest BCUT2D eigenvalue weighted by atomic mass is 10.2. The van der Waals surface area contributed by atoms with Crippen LogP contribution in [0.3, 0.4) is 0 Å². The van der Waals surface area contributed by atoms with E-state index in [1.807, 2.05) is 0 Å². The summed E-state index contributed by atoms with van der Waals surface area (Å²) in [6.45, 7) is 0. The van der Waals surface area contributed by atoms with Gasteiger partial charge in [0.1, 0.15) is 9.90 Å². The molecule has 4 N–H and O–H groups in total. The molecule has 1 heterocycles. The number of hydrogen-bond acceptors (Lipinski definition) is 4. The maximum atomic E-state index is 11.4. The largest absolute Gasteiger partial charge is 0.389 e. The van der Waals surface area contributed by atoms with Gasteiger partial charge in [0.05, 0.1) is 10.0 Å². The van der Waals surface area contributed by atoms with Gasteiger partial charge in [-0.25, -0.2) is 13.6 Å². The first-order chi connectivity index (χ1) is 8.30. The van der Waals surface area contributed by atoms with Crippen molar-refractivity contribution in [3.8, 4) is 10.4 Å². The van der Waals surface area contributed by atoms with Crippen molar-refractivity contribution in [1.82, 2.24) is 0 Å². The Morgan fingerprint density at radius 3 is 2.39 bits per heavy atom. The minimum absolute atomic E-state index is 0.0675. The lowest BCUT2D eigenvalue weighted by Gasteiger charge is -2.06. The van der Waals surface area contributed by atoms with Gasteiger partial charge in [0, 0.05) is 10.4 Å². The predicted molar refractivity (Wildman–Crippen MR) is 75.6 cm³/mol. The maximum Gasteiger partial charge on any atom is 0.239 e. The van der Waals surface area contributed by atoms with Crippen LogP contribution in [-0.2, 0) is 10.0 Å². The van der Waals surface area contributed by atoms with Crippen molar-refractivity contribution >= 4 is 49.6 Å². The number of nitrogens with two attached hydrogens (primary N) is 2. The molecule has 2 aromatic rings. The average Bonchev–Trinajstić information content (AvgIpc) is 2.57. The molecule has 0 spiro atoms. The van der Waals surface area contributed by atoms with Crippen molar-refractivity contribution in [3.63, 3.8) is 0 Å². The van der Waals surface area contributed by atoms with E-state index in [1.165, 1.54) is 17.4 Å². The summed E-state index contributed by atoms with van der Waals surface area (Å²) >= 11 is 13.1. The van der Waals surface area contributed by atoms with E-state index in [9.17, 15) is 8.42 Å². The van der Waals surface area contributed by atoms with Gasteiger partial charge in [0.15, 0.2) is 0 Å². The summed E-state index contributed by atoms with van der Waals surface area (Å²) in [4.78, 5) is 0.567. The molecule has 0 bridgehead atoms. The normalized spacial score (nSPS) is 11.7. The van der Waals surface area contributed by atoms with Crippen molar-refractivity contribution in [1.29, 1.82) is 0 Å². The minimum atomic E-state index is -3.86. The van der Waals surface area contributed by atoms with E-state index in [0.717, 1.165) is 0 Å². The van der Waals surface area contributed by atoms with Crippen molar-refractivity contribution in [3.05, 3.63) is 34.3 Å². The van der Waals surface area contributed by atoms with Crippen LogP contribution in [0, 0.1) is 0 Å². The minimum Gasteiger partial charge on any atom is -0.389 e. The molecule has 1 aromatic heterocycles.